The van der Waals surface area contributed by atoms with E-state index in [0.29, 0.717) is 12.1 Å². The Morgan fingerprint density at radius 2 is 1.83 bits per heavy atom. The van der Waals surface area contributed by atoms with E-state index in [2.05, 4.69) is 9.80 Å². The third kappa shape index (κ3) is 5.22. The minimum atomic E-state index is -2.95. The van der Waals surface area contributed by atoms with Crippen LogP contribution in [0.25, 0.3) is 0 Å². The smallest absolute Gasteiger partial charge is 0.148 e. The topological polar surface area (TPSA) is 40.6 Å². The van der Waals surface area contributed by atoms with Gasteiger partial charge in [0.25, 0.3) is 0 Å². The highest BCUT2D eigenvalue weighted by molar-refractivity contribution is 7.90. The summed E-state index contributed by atoms with van der Waals surface area (Å²) in [6.45, 7) is 5.54. The Kier molecular flexibility index (Phi) is 6.11. The van der Waals surface area contributed by atoms with Crippen LogP contribution in [0.2, 0.25) is 0 Å². The van der Waals surface area contributed by atoms with Gasteiger partial charge in [0.1, 0.15) is 21.5 Å². The zero-order valence-corrected chi connectivity index (χ0v) is 14.5. The first-order chi connectivity index (χ1) is 10.8. The average Bonchev–Trinajstić information content (AvgIpc) is 2.48. The van der Waals surface area contributed by atoms with Crippen molar-refractivity contribution in [2.24, 2.45) is 0 Å². The van der Waals surface area contributed by atoms with Gasteiger partial charge in [-0.3, -0.25) is 9.80 Å². The number of hydrogen-bond acceptors (Lipinski definition) is 4. The molecule has 1 aliphatic rings. The van der Waals surface area contributed by atoms with Crippen LogP contribution in [-0.4, -0.2) is 63.0 Å². The standard InChI is InChI=1S/C16H24F2N2O2S/c1-3-16(14-5-4-13(17)12-15(14)18)20-8-6-19(7-9-20)10-11-23(2,21)22/h4-5,12,16H,3,6-11H2,1-2H3/t16-/m1/s1. The van der Waals surface area contributed by atoms with Gasteiger partial charge in [-0.15, -0.1) is 0 Å². The van der Waals surface area contributed by atoms with Crippen molar-refractivity contribution >= 4 is 9.84 Å². The zero-order chi connectivity index (χ0) is 17.0. The molecule has 130 valence electrons. The van der Waals surface area contributed by atoms with Gasteiger partial charge < -0.3 is 0 Å². The highest BCUT2D eigenvalue weighted by Gasteiger charge is 2.26. The molecule has 0 bridgehead atoms. The third-order valence-corrected chi connectivity index (χ3v) is 5.26. The third-order valence-electron chi connectivity index (χ3n) is 4.33. The summed E-state index contributed by atoms with van der Waals surface area (Å²) in [6, 6.07) is 3.67. The number of rotatable bonds is 6. The lowest BCUT2D eigenvalue weighted by Gasteiger charge is -2.39. The maximum absolute atomic E-state index is 14.0. The van der Waals surface area contributed by atoms with Crippen LogP contribution in [0.15, 0.2) is 18.2 Å². The molecule has 0 spiro atoms. The normalized spacial score (nSPS) is 19.0. The summed E-state index contributed by atoms with van der Waals surface area (Å²) in [5.41, 5.74) is 0.526. The van der Waals surface area contributed by atoms with Gasteiger partial charge in [0.2, 0.25) is 0 Å². The Balaban J connectivity index is 1.97. The Morgan fingerprint density at radius 1 is 1.17 bits per heavy atom. The SMILES string of the molecule is CC[C@H](c1ccc(F)cc1F)N1CCN(CCS(C)(=O)=O)CC1. The fourth-order valence-electron chi connectivity index (χ4n) is 3.04. The summed E-state index contributed by atoms with van der Waals surface area (Å²) in [7, 11) is -2.95. The molecule has 4 nitrogen and oxygen atoms in total. The molecule has 0 aliphatic carbocycles. The first kappa shape index (κ1) is 18.3. The minimum Gasteiger partial charge on any atom is -0.300 e. The largest absolute Gasteiger partial charge is 0.300 e. The van der Waals surface area contributed by atoms with E-state index in [1.165, 1.54) is 18.4 Å². The number of piperazine rings is 1. The maximum atomic E-state index is 14.0. The van der Waals surface area contributed by atoms with E-state index in [1.54, 1.807) is 0 Å². The first-order valence-electron chi connectivity index (χ1n) is 7.89. The van der Waals surface area contributed by atoms with E-state index in [9.17, 15) is 17.2 Å². The molecule has 0 N–H and O–H groups in total. The molecular formula is C16H24F2N2O2S. The summed E-state index contributed by atoms with van der Waals surface area (Å²) < 4.78 is 49.6. The maximum Gasteiger partial charge on any atom is 0.148 e. The van der Waals surface area contributed by atoms with Crippen LogP contribution < -0.4 is 0 Å². The Labute approximate surface area is 137 Å². The summed E-state index contributed by atoms with van der Waals surface area (Å²) in [5.74, 6) is -0.903. The van der Waals surface area contributed by atoms with Crippen molar-refractivity contribution in [3.63, 3.8) is 0 Å². The monoisotopic (exact) mass is 346 g/mol. The van der Waals surface area contributed by atoms with E-state index < -0.39 is 21.5 Å². The highest BCUT2D eigenvalue weighted by atomic mass is 32.2. The molecule has 0 aromatic heterocycles. The predicted molar refractivity (Wildman–Crippen MR) is 87.1 cm³/mol. The fraction of sp³-hybridized carbons (Fsp3) is 0.625. The zero-order valence-electron chi connectivity index (χ0n) is 13.6. The lowest BCUT2D eigenvalue weighted by atomic mass is 10.0. The summed E-state index contributed by atoms with van der Waals surface area (Å²) in [4.78, 5) is 4.30. The molecule has 1 aliphatic heterocycles. The second kappa shape index (κ2) is 7.68. The van der Waals surface area contributed by atoms with Crippen molar-refractivity contribution in [2.45, 2.75) is 19.4 Å². The molecule has 0 radical (unpaired) electrons. The van der Waals surface area contributed by atoms with Crippen molar-refractivity contribution in [1.29, 1.82) is 0 Å². The highest BCUT2D eigenvalue weighted by Crippen LogP contribution is 2.27. The fourth-order valence-corrected chi connectivity index (χ4v) is 3.63. The molecule has 1 fully saturated rings. The van der Waals surface area contributed by atoms with Gasteiger partial charge in [-0.05, 0) is 12.5 Å². The summed E-state index contributed by atoms with van der Waals surface area (Å²) >= 11 is 0. The minimum absolute atomic E-state index is 0.0762. The van der Waals surface area contributed by atoms with Gasteiger partial charge >= 0.3 is 0 Å². The molecule has 0 unspecified atom stereocenters. The molecule has 0 saturated carbocycles. The molecule has 1 aromatic carbocycles. The summed E-state index contributed by atoms with van der Waals surface area (Å²) in [6.07, 6.45) is 1.99. The molecule has 1 atom stereocenters. The van der Waals surface area contributed by atoms with E-state index in [4.69, 9.17) is 0 Å². The van der Waals surface area contributed by atoms with E-state index in [-0.39, 0.29) is 11.8 Å². The van der Waals surface area contributed by atoms with Crippen LogP contribution in [0.5, 0.6) is 0 Å². The Hall–Kier alpha value is -1.05. The predicted octanol–water partition coefficient (Wildman–Crippen LogP) is 2.08. The summed E-state index contributed by atoms with van der Waals surface area (Å²) in [5, 5.41) is 0. The second-order valence-electron chi connectivity index (χ2n) is 6.10. The van der Waals surface area contributed by atoms with E-state index >= 15 is 0 Å². The van der Waals surface area contributed by atoms with Gasteiger partial charge in [0.05, 0.1) is 5.75 Å². The van der Waals surface area contributed by atoms with Crippen LogP contribution in [0.3, 0.4) is 0 Å². The lowest BCUT2D eigenvalue weighted by molar-refractivity contribution is 0.0959. The van der Waals surface area contributed by atoms with Crippen LogP contribution >= 0.6 is 0 Å². The number of sulfone groups is 1. The second-order valence-corrected chi connectivity index (χ2v) is 8.36. The van der Waals surface area contributed by atoms with Crippen molar-refractivity contribution in [1.82, 2.24) is 9.80 Å². The van der Waals surface area contributed by atoms with Gasteiger partial charge in [-0.2, -0.15) is 0 Å². The number of halogens is 2. The van der Waals surface area contributed by atoms with Gasteiger partial charge in [0.15, 0.2) is 0 Å². The molecule has 1 aromatic rings. The van der Waals surface area contributed by atoms with Gasteiger partial charge in [-0.25, -0.2) is 17.2 Å². The Morgan fingerprint density at radius 3 is 2.35 bits per heavy atom. The molecular weight excluding hydrogens is 322 g/mol. The molecule has 0 amide bonds. The van der Waals surface area contributed by atoms with E-state index in [1.807, 2.05) is 6.92 Å². The van der Waals surface area contributed by atoms with Crippen LogP contribution in [0.4, 0.5) is 8.78 Å². The molecule has 7 heteroatoms. The van der Waals surface area contributed by atoms with Crippen LogP contribution in [0, 0.1) is 11.6 Å². The molecule has 1 heterocycles. The average molecular weight is 346 g/mol. The quantitative estimate of drug-likeness (QED) is 0.791. The first-order valence-corrected chi connectivity index (χ1v) is 9.95. The molecule has 23 heavy (non-hydrogen) atoms. The molecule has 1 saturated heterocycles. The van der Waals surface area contributed by atoms with E-state index in [0.717, 1.165) is 38.7 Å². The van der Waals surface area contributed by atoms with Gasteiger partial charge in [-0.1, -0.05) is 13.0 Å². The lowest BCUT2D eigenvalue weighted by Crippen LogP contribution is -2.48. The van der Waals surface area contributed by atoms with Crippen molar-refractivity contribution in [3.8, 4) is 0 Å². The van der Waals surface area contributed by atoms with Crippen LogP contribution in [-0.2, 0) is 9.84 Å². The van der Waals surface area contributed by atoms with Gasteiger partial charge in [0, 0.05) is 56.7 Å². The number of benzene rings is 1. The van der Waals surface area contributed by atoms with Crippen molar-refractivity contribution in [2.75, 3.05) is 44.7 Å². The molecule has 2 rings (SSSR count). The Bertz CT molecular complexity index is 629. The van der Waals surface area contributed by atoms with Crippen LogP contribution in [0.1, 0.15) is 24.9 Å². The van der Waals surface area contributed by atoms with Crippen molar-refractivity contribution < 1.29 is 17.2 Å². The number of hydrogen-bond donors (Lipinski definition) is 0. The van der Waals surface area contributed by atoms with Crippen molar-refractivity contribution in [3.05, 3.63) is 35.4 Å². The number of nitrogens with zero attached hydrogens (tertiary/aromatic N) is 2.